The highest BCUT2D eigenvalue weighted by Gasteiger charge is 2.13. The Labute approximate surface area is 129 Å². The Hall–Kier alpha value is -1.69. The summed E-state index contributed by atoms with van der Waals surface area (Å²) in [4.78, 5) is 22.2. The van der Waals surface area contributed by atoms with Crippen LogP contribution in [-0.2, 0) is 16.1 Å². The number of ether oxygens (including phenoxy) is 1. The van der Waals surface area contributed by atoms with Crippen molar-refractivity contribution in [3.05, 3.63) is 29.8 Å². The Morgan fingerprint density at radius 2 is 2.05 bits per heavy atom. The molecule has 0 radical (unpaired) electrons. The van der Waals surface area contributed by atoms with E-state index in [0.29, 0.717) is 18.0 Å². The summed E-state index contributed by atoms with van der Waals surface area (Å²) in [5.74, 6) is -0.147. The number of carboxylic acids is 1. The fraction of sp³-hybridized carbons (Fsp3) is 0.467. The zero-order chi connectivity index (χ0) is 15.9. The molecular formula is C15H21NO4S. The van der Waals surface area contributed by atoms with E-state index < -0.39 is 5.97 Å². The van der Waals surface area contributed by atoms with E-state index in [1.165, 1.54) is 0 Å². The molecule has 1 aromatic rings. The van der Waals surface area contributed by atoms with E-state index in [1.807, 2.05) is 6.07 Å². The van der Waals surface area contributed by atoms with Gasteiger partial charge in [-0.3, -0.25) is 4.79 Å². The number of benzene rings is 1. The topological polar surface area (TPSA) is 75.6 Å². The minimum Gasteiger partial charge on any atom is -0.482 e. The molecule has 2 N–H and O–H groups in total. The number of aliphatic carboxylic acids is 1. The maximum atomic E-state index is 11.7. The van der Waals surface area contributed by atoms with E-state index in [0.717, 1.165) is 5.56 Å². The molecule has 0 heterocycles. The maximum absolute atomic E-state index is 11.7. The first kappa shape index (κ1) is 17.4. The van der Waals surface area contributed by atoms with Crippen LogP contribution in [0.4, 0.5) is 0 Å². The predicted molar refractivity (Wildman–Crippen MR) is 83.6 cm³/mol. The SMILES string of the molecule is CC(C)(C)SCC(=O)NCc1cccc(OCC(=O)O)c1. The Bertz CT molecular complexity index is 497. The van der Waals surface area contributed by atoms with Gasteiger partial charge in [0.1, 0.15) is 5.75 Å². The number of rotatable bonds is 7. The fourth-order valence-electron chi connectivity index (χ4n) is 1.42. The Kier molecular flexibility index (Phi) is 6.55. The van der Waals surface area contributed by atoms with E-state index in [4.69, 9.17) is 9.84 Å². The molecule has 0 saturated carbocycles. The van der Waals surface area contributed by atoms with Crippen LogP contribution in [0, 0.1) is 0 Å². The molecule has 0 saturated heterocycles. The number of hydrogen-bond acceptors (Lipinski definition) is 4. The Balaban J connectivity index is 2.42. The summed E-state index contributed by atoms with van der Waals surface area (Å²) in [5.41, 5.74) is 0.868. The number of carboxylic acid groups (broad SMARTS) is 1. The second-order valence-electron chi connectivity index (χ2n) is 5.51. The van der Waals surface area contributed by atoms with Crippen LogP contribution in [0.3, 0.4) is 0 Å². The molecule has 5 nitrogen and oxygen atoms in total. The summed E-state index contributed by atoms with van der Waals surface area (Å²) in [6.07, 6.45) is 0. The van der Waals surface area contributed by atoms with Crippen LogP contribution < -0.4 is 10.1 Å². The second-order valence-corrected chi connectivity index (χ2v) is 7.31. The highest BCUT2D eigenvalue weighted by Crippen LogP contribution is 2.22. The molecule has 116 valence electrons. The standard InChI is InChI=1S/C15H21NO4S/c1-15(2,3)21-10-13(17)16-8-11-5-4-6-12(7-11)20-9-14(18)19/h4-7H,8-10H2,1-3H3,(H,16,17)(H,18,19). The number of nitrogens with one attached hydrogen (secondary N) is 1. The Morgan fingerprint density at radius 3 is 2.67 bits per heavy atom. The van der Waals surface area contributed by atoms with Gasteiger partial charge in [0.05, 0.1) is 5.75 Å². The van der Waals surface area contributed by atoms with Crippen LogP contribution in [0.25, 0.3) is 0 Å². The summed E-state index contributed by atoms with van der Waals surface area (Å²) in [6, 6.07) is 7.03. The normalized spacial score (nSPS) is 11.0. The number of carbonyl (C=O) groups is 2. The van der Waals surface area contributed by atoms with Crippen molar-refractivity contribution in [1.29, 1.82) is 0 Å². The second kappa shape index (κ2) is 7.93. The number of amides is 1. The molecular weight excluding hydrogens is 290 g/mol. The molecule has 0 bridgehead atoms. The van der Waals surface area contributed by atoms with Crippen LogP contribution >= 0.6 is 11.8 Å². The fourth-order valence-corrected chi connectivity index (χ4v) is 2.09. The van der Waals surface area contributed by atoms with Gasteiger partial charge in [0.15, 0.2) is 6.61 Å². The van der Waals surface area contributed by atoms with Gasteiger partial charge in [0, 0.05) is 11.3 Å². The van der Waals surface area contributed by atoms with E-state index in [2.05, 4.69) is 26.1 Å². The largest absolute Gasteiger partial charge is 0.482 e. The van der Waals surface area contributed by atoms with Crippen molar-refractivity contribution in [2.75, 3.05) is 12.4 Å². The molecule has 0 aliphatic heterocycles. The lowest BCUT2D eigenvalue weighted by molar-refractivity contribution is -0.139. The lowest BCUT2D eigenvalue weighted by Crippen LogP contribution is -2.26. The van der Waals surface area contributed by atoms with Gasteiger partial charge in [-0.05, 0) is 17.7 Å². The van der Waals surface area contributed by atoms with Gasteiger partial charge in [-0.2, -0.15) is 0 Å². The van der Waals surface area contributed by atoms with E-state index in [9.17, 15) is 9.59 Å². The molecule has 0 aromatic heterocycles. The monoisotopic (exact) mass is 311 g/mol. The van der Waals surface area contributed by atoms with Gasteiger partial charge in [0.2, 0.25) is 5.91 Å². The first-order valence-electron chi connectivity index (χ1n) is 6.60. The van der Waals surface area contributed by atoms with E-state index in [-0.39, 0.29) is 17.3 Å². The zero-order valence-corrected chi connectivity index (χ0v) is 13.3. The van der Waals surface area contributed by atoms with Crippen molar-refractivity contribution < 1.29 is 19.4 Å². The van der Waals surface area contributed by atoms with Gasteiger partial charge < -0.3 is 15.2 Å². The molecule has 1 aromatic carbocycles. The predicted octanol–water partition coefficient (Wildman–Crippen LogP) is 2.30. The number of hydrogen-bond donors (Lipinski definition) is 2. The van der Waals surface area contributed by atoms with E-state index >= 15 is 0 Å². The van der Waals surface area contributed by atoms with Crippen LogP contribution in [0.1, 0.15) is 26.3 Å². The molecule has 1 amide bonds. The van der Waals surface area contributed by atoms with Crippen molar-refractivity contribution >= 4 is 23.6 Å². The van der Waals surface area contributed by atoms with Gasteiger partial charge in [-0.15, -0.1) is 11.8 Å². The lowest BCUT2D eigenvalue weighted by Gasteiger charge is -2.17. The average Bonchev–Trinajstić information content (AvgIpc) is 2.40. The molecule has 21 heavy (non-hydrogen) atoms. The van der Waals surface area contributed by atoms with Crippen LogP contribution in [-0.4, -0.2) is 34.1 Å². The number of carbonyl (C=O) groups excluding carboxylic acids is 1. The lowest BCUT2D eigenvalue weighted by atomic mass is 10.2. The minimum atomic E-state index is -1.02. The maximum Gasteiger partial charge on any atom is 0.341 e. The van der Waals surface area contributed by atoms with Crippen molar-refractivity contribution in [2.24, 2.45) is 0 Å². The molecule has 0 unspecified atom stereocenters. The summed E-state index contributed by atoms with van der Waals surface area (Å²) in [6.45, 7) is 6.21. The zero-order valence-electron chi connectivity index (χ0n) is 12.5. The smallest absolute Gasteiger partial charge is 0.341 e. The molecule has 1 rings (SSSR count). The molecule has 0 aliphatic rings. The van der Waals surface area contributed by atoms with Crippen LogP contribution in [0.5, 0.6) is 5.75 Å². The number of thioether (sulfide) groups is 1. The average molecular weight is 311 g/mol. The van der Waals surface area contributed by atoms with Gasteiger partial charge in [-0.25, -0.2) is 4.79 Å². The minimum absolute atomic E-state index is 0.0215. The Morgan fingerprint density at radius 1 is 1.33 bits per heavy atom. The molecule has 0 atom stereocenters. The quantitative estimate of drug-likeness (QED) is 0.808. The summed E-state index contributed by atoms with van der Waals surface area (Å²) in [5, 5.41) is 11.4. The summed E-state index contributed by atoms with van der Waals surface area (Å²) in [7, 11) is 0. The van der Waals surface area contributed by atoms with Crippen LogP contribution in [0.15, 0.2) is 24.3 Å². The van der Waals surface area contributed by atoms with Gasteiger partial charge >= 0.3 is 5.97 Å². The van der Waals surface area contributed by atoms with Gasteiger partial charge in [-0.1, -0.05) is 32.9 Å². The molecule has 6 heteroatoms. The summed E-state index contributed by atoms with van der Waals surface area (Å²) < 4.78 is 5.15. The highest BCUT2D eigenvalue weighted by molar-refractivity contribution is 8.01. The third-order valence-electron chi connectivity index (χ3n) is 2.39. The van der Waals surface area contributed by atoms with Crippen LogP contribution in [0.2, 0.25) is 0 Å². The van der Waals surface area contributed by atoms with Crippen molar-refractivity contribution in [2.45, 2.75) is 32.1 Å². The molecule has 0 spiro atoms. The van der Waals surface area contributed by atoms with Gasteiger partial charge in [0.25, 0.3) is 0 Å². The van der Waals surface area contributed by atoms with Crippen molar-refractivity contribution in [1.82, 2.24) is 5.32 Å². The third-order valence-corrected chi connectivity index (χ3v) is 3.66. The van der Waals surface area contributed by atoms with Crippen molar-refractivity contribution in [3.63, 3.8) is 0 Å². The molecule has 0 aliphatic carbocycles. The third kappa shape index (κ3) is 8.24. The summed E-state index contributed by atoms with van der Waals surface area (Å²) >= 11 is 1.59. The first-order chi connectivity index (χ1) is 9.76. The highest BCUT2D eigenvalue weighted by atomic mass is 32.2. The van der Waals surface area contributed by atoms with E-state index in [1.54, 1.807) is 30.0 Å². The molecule has 0 fully saturated rings. The van der Waals surface area contributed by atoms with Crippen molar-refractivity contribution in [3.8, 4) is 5.75 Å². The first-order valence-corrected chi connectivity index (χ1v) is 7.59.